The minimum Gasteiger partial charge on any atom is -0.378 e. The Morgan fingerprint density at radius 3 is 1.58 bits per heavy atom. The summed E-state index contributed by atoms with van der Waals surface area (Å²) in [5.74, 6) is -0.822. The van der Waals surface area contributed by atoms with Crippen molar-refractivity contribution < 1.29 is 9.59 Å². The van der Waals surface area contributed by atoms with Crippen LogP contribution in [-0.2, 0) is 22.7 Å². The molecule has 0 atom stereocenters. The van der Waals surface area contributed by atoms with Gasteiger partial charge in [0.05, 0.1) is 0 Å². The number of nitrogens with one attached hydrogen (secondary N) is 2. The molecule has 0 heterocycles. The van der Waals surface area contributed by atoms with Crippen molar-refractivity contribution in [1.82, 2.24) is 10.6 Å². The van der Waals surface area contributed by atoms with Crippen molar-refractivity contribution in [3.63, 3.8) is 0 Å². The van der Waals surface area contributed by atoms with Gasteiger partial charge < -0.3 is 15.5 Å². The Kier molecular flexibility index (Phi) is 7.60. The van der Waals surface area contributed by atoms with Crippen LogP contribution in [0.25, 0.3) is 6.08 Å². The number of nitrogens with zero attached hydrogens (tertiary/aromatic N) is 1. The minimum atomic E-state index is -0.411. The summed E-state index contributed by atoms with van der Waals surface area (Å²) in [6.07, 6.45) is 1.63. The van der Waals surface area contributed by atoms with Crippen LogP contribution in [-0.4, -0.2) is 25.9 Å². The van der Waals surface area contributed by atoms with Gasteiger partial charge in [-0.2, -0.15) is 0 Å². The fourth-order valence-corrected chi connectivity index (χ4v) is 3.02. The summed E-state index contributed by atoms with van der Waals surface area (Å²) in [6.45, 7) is 0.699. The summed E-state index contributed by atoms with van der Waals surface area (Å²) in [5.41, 5.74) is 3.83. The third-order valence-corrected chi connectivity index (χ3v) is 4.80. The minimum absolute atomic E-state index is 0.0736. The van der Waals surface area contributed by atoms with Crippen LogP contribution < -0.4 is 15.5 Å². The normalized spacial score (nSPS) is 10.1. The molecule has 2 N–H and O–H groups in total. The molecule has 0 fully saturated rings. The molecule has 5 heteroatoms. The number of anilines is 1. The van der Waals surface area contributed by atoms with Crippen LogP contribution in [0.3, 0.4) is 0 Å². The lowest BCUT2D eigenvalue weighted by atomic mass is 10.1. The molecule has 0 spiro atoms. The lowest BCUT2D eigenvalue weighted by Crippen LogP contribution is -2.34. The van der Waals surface area contributed by atoms with E-state index in [0.29, 0.717) is 13.1 Å². The number of carbonyl (C=O) groups is 2. The fourth-order valence-electron chi connectivity index (χ4n) is 3.02. The topological polar surface area (TPSA) is 61.4 Å². The van der Waals surface area contributed by atoms with Gasteiger partial charge in [-0.3, -0.25) is 9.59 Å². The third kappa shape index (κ3) is 6.57. The van der Waals surface area contributed by atoms with Crippen molar-refractivity contribution in [1.29, 1.82) is 0 Å². The van der Waals surface area contributed by atoms with E-state index in [-0.39, 0.29) is 5.57 Å². The molecule has 0 bridgehead atoms. The van der Waals surface area contributed by atoms with Crippen LogP contribution in [0.4, 0.5) is 5.69 Å². The molecule has 3 aromatic rings. The second-order valence-corrected chi connectivity index (χ2v) is 7.38. The lowest BCUT2D eigenvalue weighted by molar-refractivity contribution is -0.123. The van der Waals surface area contributed by atoms with E-state index < -0.39 is 11.8 Å². The molecule has 3 rings (SSSR count). The van der Waals surface area contributed by atoms with Crippen LogP contribution in [0.1, 0.15) is 16.7 Å². The Hall–Kier alpha value is -3.86. The maximum Gasteiger partial charge on any atom is 0.257 e. The fraction of sp³-hybridized carbons (Fsp3) is 0.154. The predicted octanol–water partition coefficient (Wildman–Crippen LogP) is 3.77. The van der Waals surface area contributed by atoms with Crippen LogP contribution >= 0.6 is 0 Å². The Balaban J connectivity index is 1.77. The Bertz CT molecular complexity index is 970. The second-order valence-electron chi connectivity index (χ2n) is 7.38. The zero-order valence-electron chi connectivity index (χ0n) is 17.8. The molecule has 0 aliphatic rings. The van der Waals surface area contributed by atoms with E-state index in [1.54, 1.807) is 6.08 Å². The molecular weight excluding hydrogens is 386 g/mol. The van der Waals surface area contributed by atoms with Crippen molar-refractivity contribution in [2.45, 2.75) is 13.1 Å². The van der Waals surface area contributed by atoms with E-state index >= 15 is 0 Å². The van der Waals surface area contributed by atoms with Crippen molar-refractivity contribution >= 4 is 23.6 Å². The van der Waals surface area contributed by atoms with Gasteiger partial charge in [0.15, 0.2) is 0 Å². The van der Waals surface area contributed by atoms with Crippen LogP contribution in [0.15, 0.2) is 90.5 Å². The summed E-state index contributed by atoms with van der Waals surface area (Å²) in [4.78, 5) is 27.8. The average Bonchev–Trinajstić information content (AvgIpc) is 2.81. The molecule has 158 valence electrons. The van der Waals surface area contributed by atoms with Gasteiger partial charge in [0.25, 0.3) is 11.8 Å². The number of amides is 2. The quantitative estimate of drug-likeness (QED) is 0.336. The first-order valence-corrected chi connectivity index (χ1v) is 10.2. The Morgan fingerprint density at radius 2 is 1.16 bits per heavy atom. The second kappa shape index (κ2) is 10.8. The van der Waals surface area contributed by atoms with Crippen molar-refractivity contribution in [2.24, 2.45) is 0 Å². The van der Waals surface area contributed by atoms with Gasteiger partial charge in [-0.05, 0) is 34.9 Å². The number of carbonyl (C=O) groups excluding carboxylic acids is 2. The highest BCUT2D eigenvalue weighted by Gasteiger charge is 2.18. The SMILES string of the molecule is CN(C)c1ccc(C=C(C(=O)NCc2ccccc2)C(=O)NCc2ccccc2)cc1. The Labute approximate surface area is 183 Å². The smallest absolute Gasteiger partial charge is 0.257 e. The molecule has 0 radical (unpaired) electrons. The highest BCUT2D eigenvalue weighted by Crippen LogP contribution is 2.15. The van der Waals surface area contributed by atoms with Gasteiger partial charge in [0.2, 0.25) is 0 Å². The van der Waals surface area contributed by atoms with Gasteiger partial charge in [0, 0.05) is 32.9 Å². The maximum atomic E-state index is 12.9. The Morgan fingerprint density at radius 1 is 0.710 bits per heavy atom. The van der Waals surface area contributed by atoms with Gasteiger partial charge in [-0.25, -0.2) is 0 Å². The van der Waals surface area contributed by atoms with Gasteiger partial charge in [0.1, 0.15) is 5.57 Å². The van der Waals surface area contributed by atoms with E-state index in [1.807, 2.05) is 104 Å². The molecule has 0 aromatic heterocycles. The highest BCUT2D eigenvalue weighted by atomic mass is 16.2. The molecule has 0 saturated heterocycles. The molecule has 0 aliphatic carbocycles. The van der Waals surface area contributed by atoms with Gasteiger partial charge >= 0.3 is 0 Å². The van der Waals surface area contributed by atoms with E-state index in [2.05, 4.69) is 10.6 Å². The summed E-state index contributed by atoms with van der Waals surface area (Å²) in [6, 6.07) is 26.9. The molecule has 0 aliphatic heterocycles. The molecule has 2 amide bonds. The van der Waals surface area contributed by atoms with Gasteiger partial charge in [-0.15, -0.1) is 0 Å². The third-order valence-electron chi connectivity index (χ3n) is 4.80. The van der Waals surface area contributed by atoms with E-state index in [9.17, 15) is 9.59 Å². The number of hydrogen-bond donors (Lipinski definition) is 2. The molecule has 5 nitrogen and oxygen atoms in total. The molecular formula is C26H27N3O2. The number of benzene rings is 3. The van der Waals surface area contributed by atoms with Crippen LogP contribution in [0.5, 0.6) is 0 Å². The van der Waals surface area contributed by atoms with Gasteiger partial charge in [-0.1, -0.05) is 72.8 Å². The standard InChI is InChI=1S/C26H27N3O2/c1-29(2)23-15-13-20(14-16-23)17-24(25(30)27-18-21-9-5-3-6-10-21)26(31)28-19-22-11-7-4-8-12-22/h3-17H,18-19H2,1-2H3,(H,27,30)(H,28,31). The number of rotatable bonds is 8. The van der Waals surface area contributed by atoms with Crippen LogP contribution in [0.2, 0.25) is 0 Å². The monoisotopic (exact) mass is 413 g/mol. The van der Waals surface area contributed by atoms with Crippen molar-refractivity contribution in [3.05, 3.63) is 107 Å². The van der Waals surface area contributed by atoms with E-state index in [1.165, 1.54) is 0 Å². The molecule has 0 unspecified atom stereocenters. The molecule has 31 heavy (non-hydrogen) atoms. The van der Waals surface area contributed by atoms with E-state index in [0.717, 1.165) is 22.4 Å². The summed E-state index contributed by atoms with van der Waals surface area (Å²) in [7, 11) is 3.93. The number of hydrogen-bond acceptors (Lipinski definition) is 3. The summed E-state index contributed by atoms with van der Waals surface area (Å²) < 4.78 is 0. The first-order valence-electron chi connectivity index (χ1n) is 10.2. The summed E-state index contributed by atoms with van der Waals surface area (Å²) >= 11 is 0. The maximum absolute atomic E-state index is 12.9. The predicted molar refractivity (Wildman–Crippen MR) is 125 cm³/mol. The lowest BCUT2D eigenvalue weighted by Gasteiger charge is -2.13. The molecule has 3 aromatic carbocycles. The zero-order chi connectivity index (χ0) is 22.1. The zero-order valence-corrected chi connectivity index (χ0v) is 17.8. The largest absolute Gasteiger partial charge is 0.378 e. The highest BCUT2D eigenvalue weighted by molar-refractivity contribution is 6.21. The first kappa shape index (κ1) is 21.8. The summed E-state index contributed by atoms with van der Waals surface area (Å²) in [5, 5.41) is 5.70. The van der Waals surface area contributed by atoms with E-state index in [4.69, 9.17) is 0 Å². The van der Waals surface area contributed by atoms with Crippen molar-refractivity contribution in [2.75, 3.05) is 19.0 Å². The van der Waals surface area contributed by atoms with Crippen LogP contribution in [0, 0.1) is 0 Å². The first-order chi connectivity index (χ1) is 15.0. The van der Waals surface area contributed by atoms with Crippen molar-refractivity contribution in [3.8, 4) is 0 Å². The average molecular weight is 414 g/mol. The molecule has 0 saturated carbocycles.